The standard InChI is InChI=1S/C19H24N4O2S/c1-2-17-22-16(13-26-17)11-21-19(25)14-6-7-18(24)23(12-14)10-8-15-5-3-4-9-20-15/h3-5,9,13-14H,2,6-8,10-12H2,1H3,(H,21,25). The van der Waals surface area contributed by atoms with Gasteiger partial charge in [0.15, 0.2) is 0 Å². The van der Waals surface area contributed by atoms with Gasteiger partial charge in [-0.3, -0.25) is 14.6 Å². The number of piperidine rings is 1. The summed E-state index contributed by atoms with van der Waals surface area (Å²) in [4.78, 5) is 35.2. The molecule has 2 aromatic rings. The number of pyridine rings is 1. The van der Waals surface area contributed by atoms with Crippen molar-refractivity contribution in [2.45, 2.75) is 39.2 Å². The van der Waals surface area contributed by atoms with Gasteiger partial charge in [0.25, 0.3) is 0 Å². The summed E-state index contributed by atoms with van der Waals surface area (Å²) in [6.45, 7) is 3.61. The summed E-state index contributed by atoms with van der Waals surface area (Å²) in [6.07, 6.45) is 4.42. The minimum atomic E-state index is -0.152. The highest BCUT2D eigenvalue weighted by Gasteiger charge is 2.29. The number of aromatic nitrogens is 2. The van der Waals surface area contributed by atoms with Gasteiger partial charge in [0.05, 0.1) is 23.2 Å². The minimum Gasteiger partial charge on any atom is -0.350 e. The lowest BCUT2D eigenvalue weighted by atomic mass is 9.96. The third-order valence-electron chi connectivity index (χ3n) is 4.58. The Hall–Kier alpha value is -2.28. The number of amides is 2. The molecule has 0 aromatic carbocycles. The van der Waals surface area contributed by atoms with Gasteiger partial charge in [-0.25, -0.2) is 4.98 Å². The van der Waals surface area contributed by atoms with Crippen LogP contribution < -0.4 is 5.32 Å². The fourth-order valence-electron chi connectivity index (χ4n) is 3.05. The van der Waals surface area contributed by atoms with E-state index >= 15 is 0 Å². The molecule has 138 valence electrons. The zero-order valence-electron chi connectivity index (χ0n) is 15.0. The number of hydrogen-bond donors (Lipinski definition) is 1. The highest BCUT2D eigenvalue weighted by atomic mass is 32.1. The summed E-state index contributed by atoms with van der Waals surface area (Å²) >= 11 is 1.62. The van der Waals surface area contributed by atoms with E-state index in [9.17, 15) is 9.59 Å². The zero-order valence-corrected chi connectivity index (χ0v) is 15.8. The quantitative estimate of drug-likeness (QED) is 0.808. The van der Waals surface area contributed by atoms with Gasteiger partial charge in [-0.2, -0.15) is 0 Å². The van der Waals surface area contributed by atoms with Gasteiger partial charge >= 0.3 is 0 Å². The summed E-state index contributed by atoms with van der Waals surface area (Å²) in [5.74, 6) is -0.0239. The van der Waals surface area contributed by atoms with Crippen molar-refractivity contribution in [3.05, 3.63) is 46.2 Å². The summed E-state index contributed by atoms with van der Waals surface area (Å²) in [5, 5.41) is 6.04. The molecule has 3 heterocycles. The number of rotatable bonds is 7. The molecule has 1 unspecified atom stereocenters. The van der Waals surface area contributed by atoms with Crippen LogP contribution in [0.3, 0.4) is 0 Å². The molecule has 2 amide bonds. The number of hydrogen-bond acceptors (Lipinski definition) is 5. The smallest absolute Gasteiger partial charge is 0.225 e. The van der Waals surface area contributed by atoms with Crippen molar-refractivity contribution >= 4 is 23.2 Å². The Morgan fingerprint density at radius 1 is 1.38 bits per heavy atom. The summed E-state index contributed by atoms with van der Waals surface area (Å²) < 4.78 is 0. The molecule has 1 saturated heterocycles. The second-order valence-corrected chi connectivity index (χ2v) is 7.39. The molecular weight excluding hydrogens is 348 g/mol. The maximum Gasteiger partial charge on any atom is 0.225 e. The van der Waals surface area contributed by atoms with Gasteiger partial charge in [-0.1, -0.05) is 13.0 Å². The molecule has 0 aliphatic carbocycles. The largest absolute Gasteiger partial charge is 0.350 e. The number of carbonyl (C=O) groups is 2. The third kappa shape index (κ3) is 4.88. The van der Waals surface area contributed by atoms with E-state index in [1.54, 1.807) is 22.4 Å². The first-order valence-corrected chi connectivity index (χ1v) is 9.92. The number of likely N-dealkylation sites (tertiary alicyclic amines) is 1. The van der Waals surface area contributed by atoms with Crippen molar-refractivity contribution < 1.29 is 9.59 Å². The van der Waals surface area contributed by atoms with Gasteiger partial charge in [0, 0.05) is 43.2 Å². The van der Waals surface area contributed by atoms with Gasteiger partial charge in [-0.15, -0.1) is 11.3 Å². The molecule has 0 spiro atoms. The van der Waals surface area contributed by atoms with Gasteiger partial charge < -0.3 is 10.2 Å². The molecule has 1 atom stereocenters. The first kappa shape index (κ1) is 18.5. The molecule has 1 aliphatic rings. The van der Waals surface area contributed by atoms with Crippen LogP contribution >= 0.6 is 11.3 Å². The number of aryl methyl sites for hydroxylation is 1. The monoisotopic (exact) mass is 372 g/mol. The Labute approximate surface area is 157 Å². The number of nitrogens with zero attached hydrogens (tertiary/aromatic N) is 3. The highest BCUT2D eigenvalue weighted by molar-refractivity contribution is 7.09. The van der Waals surface area contributed by atoms with Crippen molar-refractivity contribution in [2.75, 3.05) is 13.1 Å². The van der Waals surface area contributed by atoms with Crippen LogP contribution in [0.1, 0.15) is 36.2 Å². The maximum atomic E-state index is 12.5. The molecule has 1 N–H and O–H groups in total. The van der Waals surface area contributed by atoms with Crippen LogP contribution in [0.2, 0.25) is 0 Å². The predicted octanol–water partition coefficient (Wildman–Crippen LogP) is 2.20. The molecule has 7 heteroatoms. The van der Waals surface area contributed by atoms with Crippen LogP contribution in [0, 0.1) is 5.92 Å². The maximum absolute atomic E-state index is 12.5. The minimum absolute atomic E-state index is 0.00591. The number of carbonyl (C=O) groups excluding carboxylic acids is 2. The summed E-state index contributed by atoms with van der Waals surface area (Å²) in [5.41, 5.74) is 1.86. The SMILES string of the molecule is CCc1nc(CNC(=O)C2CCC(=O)N(CCc3ccccn3)C2)cs1. The Morgan fingerprint density at radius 2 is 2.27 bits per heavy atom. The summed E-state index contributed by atoms with van der Waals surface area (Å²) in [6, 6.07) is 5.78. The average molecular weight is 372 g/mol. The number of nitrogens with one attached hydrogen (secondary N) is 1. The Kier molecular flexibility index (Phi) is 6.33. The lowest BCUT2D eigenvalue weighted by molar-refractivity contribution is -0.138. The van der Waals surface area contributed by atoms with Crippen LogP contribution in [0.25, 0.3) is 0 Å². The van der Waals surface area contributed by atoms with Gasteiger partial charge in [0.2, 0.25) is 11.8 Å². The van der Waals surface area contributed by atoms with Crippen LogP contribution in [-0.4, -0.2) is 39.8 Å². The van der Waals surface area contributed by atoms with Crippen molar-refractivity contribution in [3.63, 3.8) is 0 Å². The molecule has 0 saturated carbocycles. The van der Waals surface area contributed by atoms with E-state index < -0.39 is 0 Å². The lowest BCUT2D eigenvalue weighted by Gasteiger charge is -2.31. The first-order chi connectivity index (χ1) is 12.7. The first-order valence-electron chi connectivity index (χ1n) is 9.04. The topological polar surface area (TPSA) is 75.2 Å². The van der Waals surface area contributed by atoms with Crippen LogP contribution in [0.5, 0.6) is 0 Å². The average Bonchev–Trinajstić information content (AvgIpc) is 3.14. The van der Waals surface area contributed by atoms with Crippen molar-refractivity contribution in [2.24, 2.45) is 5.92 Å². The van der Waals surface area contributed by atoms with E-state index in [2.05, 4.69) is 22.2 Å². The molecule has 1 fully saturated rings. The van der Waals surface area contributed by atoms with Crippen molar-refractivity contribution in [1.29, 1.82) is 0 Å². The molecule has 0 bridgehead atoms. The summed E-state index contributed by atoms with van der Waals surface area (Å²) in [7, 11) is 0. The molecule has 2 aromatic heterocycles. The van der Waals surface area contributed by atoms with E-state index in [4.69, 9.17) is 0 Å². The third-order valence-corrected chi connectivity index (χ3v) is 5.62. The fraction of sp³-hybridized carbons (Fsp3) is 0.474. The van der Waals surface area contributed by atoms with Crippen molar-refractivity contribution in [1.82, 2.24) is 20.2 Å². The fourth-order valence-corrected chi connectivity index (χ4v) is 3.80. The molecular formula is C19H24N4O2S. The molecule has 0 radical (unpaired) electrons. The predicted molar refractivity (Wildman–Crippen MR) is 101 cm³/mol. The van der Waals surface area contributed by atoms with E-state index in [1.807, 2.05) is 23.6 Å². The Morgan fingerprint density at radius 3 is 3.00 bits per heavy atom. The van der Waals surface area contributed by atoms with Gasteiger partial charge in [0.1, 0.15) is 0 Å². The van der Waals surface area contributed by atoms with Crippen molar-refractivity contribution in [3.8, 4) is 0 Å². The number of thiazole rings is 1. The molecule has 3 rings (SSSR count). The molecule has 1 aliphatic heterocycles. The van der Waals surface area contributed by atoms with E-state index in [-0.39, 0.29) is 17.7 Å². The second kappa shape index (κ2) is 8.89. The van der Waals surface area contributed by atoms with Crippen LogP contribution in [0.15, 0.2) is 29.8 Å². The van der Waals surface area contributed by atoms with Crippen LogP contribution in [-0.2, 0) is 29.0 Å². The molecule has 6 nitrogen and oxygen atoms in total. The van der Waals surface area contributed by atoms with Gasteiger partial charge in [-0.05, 0) is 25.0 Å². The lowest BCUT2D eigenvalue weighted by Crippen LogP contribution is -2.46. The van der Waals surface area contributed by atoms with Crippen LogP contribution in [0.4, 0.5) is 0 Å². The molecule has 26 heavy (non-hydrogen) atoms. The second-order valence-electron chi connectivity index (χ2n) is 6.45. The van der Waals surface area contributed by atoms with E-state index in [0.717, 1.165) is 22.8 Å². The zero-order chi connectivity index (χ0) is 18.4. The Balaban J connectivity index is 1.49. The normalized spacial score (nSPS) is 17.3. The Bertz CT molecular complexity index is 747. The van der Waals surface area contributed by atoms with E-state index in [0.29, 0.717) is 38.9 Å². The van der Waals surface area contributed by atoms with E-state index in [1.165, 1.54) is 0 Å². The highest BCUT2D eigenvalue weighted by Crippen LogP contribution is 2.18.